The Morgan fingerprint density at radius 2 is 2.00 bits per heavy atom. The number of hydrogen-bond acceptors (Lipinski definition) is 0. The van der Waals surface area contributed by atoms with E-state index in [1.165, 1.54) is 0 Å². The van der Waals surface area contributed by atoms with Crippen LogP contribution in [0.15, 0.2) is 18.2 Å². The molecule has 1 unspecified atom stereocenters. The van der Waals surface area contributed by atoms with Crippen molar-refractivity contribution in [3.05, 3.63) is 33.8 Å². The van der Waals surface area contributed by atoms with Crippen molar-refractivity contribution in [1.82, 2.24) is 0 Å². The predicted molar refractivity (Wildman–Crippen MR) is 60.1 cm³/mol. The van der Waals surface area contributed by atoms with E-state index in [-0.39, 0.29) is 0 Å². The second-order valence-corrected chi connectivity index (χ2v) is 4.35. The first-order valence-corrected chi connectivity index (χ1v) is 5.42. The molecule has 0 saturated carbocycles. The fourth-order valence-electron chi connectivity index (χ4n) is 1.13. The van der Waals surface area contributed by atoms with Crippen LogP contribution in [0.25, 0.3) is 0 Å². The minimum atomic E-state index is 0.428. The summed E-state index contributed by atoms with van der Waals surface area (Å²) < 4.78 is 0. The summed E-state index contributed by atoms with van der Waals surface area (Å²) in [6, 6.07) is 5.51. The Labute approximate surface area is 93.8 Å². The van der Waals surface area contributed by atoms with E-state index < -0.39 is 0 Å². The molecule has 0 radical (unpaired) electrons. The molecule has 1 aromatic carbocycles. The van der Waals surface area contributed by atoms with Crippen LogP contribution in [0, 0.1) is 5.92 Å². The molecule has 72 valence electrons. The maximum atomic E-state index is 6.00. The lowest BCUT2D eigenvalue weighted by atomic mass is 10.0. The van der Waals surface area contributed by atoms with E-state index in [1.54, 1.807) is 6.07 Å². The average molecular weight is 238 g/mol. The molecule has 0 aliphatic rings. The molecule has 0 aliphatic heterocycles. The summed E-state index contributed by atoms with van der Waals surface area (Å²) in [5, 5.41) is 1.49. The Balaban J connectivity index is 2.81. The van der Waals surface area contributed by atoms with Gasteiger partial charge in [-0.3, -0.25) is 0 Å². The molecule has 0 N–H and O–H groups in total. The van der Waals surface area contributed by atoms with Gasteiger partial charge in [-0.15, -0.1) is 11.6 Å². The third kappa shape index (κ3) is 3.38. The Bertz CT molecular complexity index is 283. The van der Waals surface area contributed by atoms with Gasteiger partial charge >= 0.3 is 0 Å². The lowest BCUT2D eigenvalue weighted by molar-refractivity contribution is 0.655. The topological polar surface area (TPSA) is 0 Å². The predicted octanol–water partition coefficient (Wildman–Crippen LogP) is 4.41. The first-order chi connectivity index (χ1) is 6.13. The van der Waals surface area contributed by atoms with Crippen LogP contribution in [-0.4, -0.2) is 5.88 Å². The molecular weight excluding hydrogens is 226 g/mol. The van der Waals surface area contributed by atoms with Crippen molar-refractivity contribution in [2.45, 2.75) is 13.3 Å². The minimum absolute atomic E-state index is 0.428. The summed E-state index contributed by atoms with van der Waals surface area (Å²) in [5.41, 5.74) is 1.07. The summed E-state index contributed by atoms with van der Waals surface area (Å²) >= 11 is 17.6. The smallest absolute Gasteiger partial charge is 0.0439 e. The summed E-state index contributed by atoms with van der Waals surface area (Å²) in [6.45, 7) is 2.09. The highest BCUT2D eigenvalue weighted by Crippen LogP contribution is 2.23. The Morgan fingerprint density at radius 3 is 2.62 bits per heavy atom. The molecule has 0 spiro atoms. The number of halogens is 3. The third-order valence-corrected chi connectivity index (χ3v) is 2.97. The molecule has 3 heteroatoms. The fraction of sp³-hybridized carbons (Fsp3) is 0.400. The summed E-state index contributed by atoms with van der Waals surface area (Å²) in [4.78, 5) is 0. The van der Waals surface area contributed by atoms with Gasteiger partial charge in [0.15, 0.2) is 0 Å². The van der Waals surface area contributed by atoms with Crippen molar-refractivity contribution >= 4 is 34.8 Å². The summed E-state index contributed by atoms with van der Waals surface area (Å²) in [7, 11) is 0. The highest BCUT2D eigenvalue weighted by molar-refractivity contribution is 6.33. The van der Waals surface area contributed by atoms with E-state index in [0.717, 1.165) is 22.0 Å². The van der Waals surface area contributed by atoms with E-state index in [1.807, 2.05) is 12.1 Å². The molecule has 0 heterocycles. The van der Waals surface area contributed by atoms with Crippen LogP contribution < -0.4 is 0 Å². The molecule has 1 aromatic rings. The largest absolute Gasteiger partial charge is 0.126 e. The molecule has 0 saturated heterocycles. The first-order valence-electron chi connectivity index (χ1n) is 4.13. The third-order valence-electron chi connectivity index (χ3n) is 1.84. The van der Waals surface area contributed by atoms with Crippen molar-refractivity contribution in [1.29, 1.82) is 0 Å². The number of hydrogen-bond donors (Lipinski definition) is 0. The van der Waals surface area contributed by atoms with E-state index >= 15 is 0 Å². The molecule has 0 amide bonds. The molecule has 0 nitrogen and oxygen atoms in total. The van der Waals surface area contributed by atoms with Crippen LogP contribution in [-0.2, 0) is 6.42 Å². The molecular formula is C10H11Cl3. The van der Waals surface area contributed by atoms with Crippen LogP contribution in [0.3, 0.4) is 0 Å². The van der Waals surface area contributed by atoms with Crippen LogP contribution in [0.2, 0.25) is 10.0 Å². The molecule has 0 fully saturated rings. The van der Waals surface area contributed by atoms with Crippen molar-refractivity contribution in [2.24, 2.45) is 5.92 Å². The van der Waals surface area contributed by atoms with E-state index in [4.69, 9.17) is 34.8 Å². The minimum Gasteiger partial charge on any atom is -0.126 e. The molecule has 0 aromatic heterocycles. The highest BCUT2D eigenvalue weighted by atomic mass is 35.5. The molecule has 1 rings (SSSR count). The lowest BCUT2D eigenvalue weighted by Crippen LogP contribution is -2.01. The highest BCUT2D eigenvalue weighted by Gasteiger charge is 2.06. The standard InChI is InChI=1S/C10H11Cl3/c1-7(6-11)4-8-5-9(12)2-3-10(8)13/h2-3,5,7H,4,6H2,1H3. The monoisotopic (exact) mass is 236 g/mol. The maximum Gasteiger partial charge on any atom is 0.0439 e. The summed E-state index contributed by atoms with van der Waals surface area (Å²) in [5.74, 6) is 1.07. The second kappa shape index (κ2) is 5.09. The maximum absolute atomic E-state index is 6.00. The van der Waals surface area contributed by atoms with Crippen LogP contribution in [0.4, 0.5) is 0 Å². The zero-order valence-corrected chi connectivity index (χ0v) is 9.63. The molecule has 0 aliphatic carbocycles. The number of alkyl halides is 1. The van der Waals surface area contributed by atoms with E-state index in [2.05, 4.69) is 6.92 Å². The molecule has 13 heavy (non-hydrogen) atoms. The van der Waals surface area contributed by atoms with Gasteiger partial charge in [-0.05, 0) is 36.1 Å². The van der Waals surface area contributed by atoms with Gasteiger partial charge in [0.25, 0.3) is 0 Å². The number of rotatable bonds is 3. The van der Waals surface area contributed by atoms with Crippen LogP contribution in [0.1, 0.15) is 12.5 Å². The second-order valence-electron chi connectivity index (χ2n) is 3.20. The van der Waals surface area contributed by atoms with Gasteiger partial charge in [-0.2, -0.15) is 0 Å². The normalized spacial score (nSPS) is 12.9. The zero-order valence-electron chi connectivity index (χ0n) is 7.36. The number of benzene rings is 1. The summed E-state index contributed by atoms with van der Waals surface area (Å²) in [6.07, 6.45) is 0.878. The van der Waals surface area contributed by atoms with Gasteiger partial charge in [0.2, 0.25) is 0 Å². The van der Waals surface area contributed by atoms with Crippen molar-refractivity contribution in [2.75, 3.05) is 5.88 Å². The Hall–Kier alpha value is 0.0900. The van der Waals surface area contributed by atoms with Crippen molar-refractivity contribution in [3.63, 3.8) is 0 Å². The quantitative estimate of drug-likeness (QED) is 0.683. The van der Waals surface area contributed by atoms with E-state index in [0.29, 0.717) is 11.8 Å². The first kappa shape index (κ1) is 11.2. The van der Waals surface area contributed by atoms with E-state index in [9.17, 15) is 0 Å². The molecule has 0 bridgehead atoms. The van der Waals surface area contributed by atoms with Gasteiger partial charge in [-0.1, -0.05) is 30.1 Å². The van der Waals surface area contributed by atoms with Crippen LogP contribution in [0.5, 0.6) is 0 Å². The van der Waals surface area contributed by atoms with Crippen LogP contribution >= 0.6 is 34.8 Å². The van der Waals surface area contributed by atoms with Gasteiger partial charge in [0.1, 0.15) is 0 Å². The van der Waals surface area contributed by atoms with Gasteiger partial charge in [0.05, 0.1) is 0 Å². The van der Waals surface area contributed by atoms with Gasteiger partial charge in [-0.25, -0.2) is 0 Å². The Kier molecular flexibility index (Phi) is 4.37. The SMILES string of the molecule is CC(CCl)Cc1cc(Cl)ccc1Cl. The zero-order chi connectivity index (χ0) is 9.84. The lowest BCUT2D eigenvalue weighted by Gasteiger charge is -2.09. The Morgan fingerprint density at radius 1 is 1.31 bits per heavy atom. The van der Waals surface area contributed by atoms with Gasteiger partial charge < -0.3 is 0 Å². The van der Waals surface area contributed by atoms with Crippen molar-refractivity contribution in [3.8, 4) is 0 Å². The van der Waals surface area contributed by atoms with Gasteiger partial charge in [0, 0.05) is 15.9 Å². The van der Waals surface area contributed by atoms with Crippen molar-refractivity contribution < 1.29 is 0 Å². The fourth-order valence-corrected chi connectivity index (χ4v) is 1.63. The average Bonchev–Trinajstić information content (AvgIpc) is 2.11. The molecule has 1 atom stereocenters.